The van der Waals surface area contributed by atoms with Crippen LogP contribution in [0, 0.1) is 12.7 Å². The zero-order chi connectivity index (χ0) is 8.43. The van der Waals surface area contributed by atoms with E-state index >= 15 is 0 Å². The molecule has 0 N–H and O–H groups in total. The fourth-order valence-corrected chi connectivity index (χ4v) is 1.56. The van der Waals surface area contributed by atoms with Gasteiger partial charge in [-0.05, 0) is 24.1 Å². The molecule has 0 nitrogen and oxygen atoms in total. The van der Waals surface area contributed by atoms with Crippen LogP contribution in [0.15, 0.2) is 16.6 Å². The Kier molecular flexibility index (Phi) is 3.07. The summed E-state index contributed by atoms with van der Waals surface area (Å²) in [6.07, 6.45) is 0. The van der Waals surface area contributed by atoms with Gasteiger partial charge in [0.25, 0.3) is 0 Å². The Bertz CT molecular complexity index is 271. The molecular formula is C8H7Br2F. The van der Waals surface area contributed by atoms with E-state index in [1.807, 2.05) is 13.0 Å². The van der Waals surface area contributed by atoms with Gasteiger partial charge in [-0.25, -0.2) is 4.39 Å². The van der Waals surface area contributed by atoms with Gasteiger partial charge in [-0.1, -0.05) is 37.9 Å². The molecular weight excluding hydrogens is 275 g/mol. The first-order valence-corrected chi connectivity index (χ1v) is 5.07. The molecule has 0 aromatic heterocycles. The molecule has 0 aliphatic carbocycles. The van der Waals surface area contributed by atoms with E-state index in [0.717, 1.165) is 10.0 Å². The van der Waals surface area contributed by atoms with E-state index in [-0.39, 0.29) is 5.82 Å². The van der Waals surface area contributed by atoms with E-state index in [1.165, 1.54) is 6.07 Å². The molecule has 0 amide bonds. The Morgan fingerprint density at radius 3 is 2.64 bits per heavy atom. The smallest absolute Gasteiger partial charge is 0.128 e. The highest BCUT2D eigenvalue weighted by molar-refractivity contribution is 9.10. The van der Waals surface area contributed by atoms with Crippen molar-refractivity contribution in [2.24, 2.45) is 0 Å². The average molecular weight is 282 g/mol. The molecule has 1 rings (SSSR count). The van der Waals surface area contributed by atoms with Crippen molar-refractivity contribution in [3.05, 3.63) is 33.5 Å². The van der Waals surface area contributed by atoms with Gasteiger partial charge < -0.3 is 0 Å². The lowest BCUT2D eigenvalue weighted by Crippen LogP contribution is -1.87. The lowest BCUT2D eigenvalue weighted by Gasteiger charge is -2.02. The van der Waals surface area contributed by atoms with Crippen LogP contribution in [0.3, 0.4) is 0 Å². The van der Waals surface area contributed by atoms with E-state index < -0.39 is 0 Å². The van der Waals surface area contributed by atoms with E-state index in [4.69, 9.17) is 0 Å². The lowest BCUT2D eigenvalue weighted by atomic mass is 10.1. The third kappa shape index (κ3) is 2.03. The normalized spacial score (nSPS) is 10.2. The van der Waals surface area contributed by atoms with Crippen LogP contribution in [0.2, 0.25) is 0 Å². The second-order valence-electron chi connectivity index (χ2n) is 2.33. The molecule has 0 spiro atoms. The molecule has 0 bridgehead atoms. The zero-order valence-corrected chi connectivity index (χ0v) is 9.17. The van der Waals surface area contributed by atoms with Crippen LogP contribution in [0.1, 0.15) is 11.1 Å². The largest absolute Gasteiger partial charge is 0.207 e. The number of alkyl halides is 1. The molecule has 0 saturated heterocycles. The first kappa shape index (κ1) is 9.20. The zero-order valence-electron chi connectivity index (χ0n) is 6.00. The van der Waals surface area contributed by atoms with Crippen LogP contribution in [0.5, 0.6) is 0 Å². The minimum absolute atomic E-state index is 0.167. The van der Waals surface area contributed by atoms with Gasteiger partial charge in [0.05, 0.1) is 0 Å². The molecule has 0 aliphatic heterocycles. The first-order chi connectivity index (χ1) is 5.15. The van der Waals surface area contributed by atoms with Gasteiger partial charge in [0, 0.05) is 9.80 Å². The molecule has 0 atom stereocenters. The molecule has 0 fully saturated rings. The monoisotopic (exact) mass is 280 g/mol. The van der Waals surface area contributed by atoms with Gasteiger partial charge in [-0.2, -0.15) is 0 Å². The molecule has 60 valence electrons. The average Bonchev–Trinajstić information content (AvgIpc) is 1.97. The SMILES string of the molecule is Cc1cc(CBr)c(F)cc1Br. The number of benzene rings is 1. The molecule has 0 unspecified atom stereocenters. The topological polar surface area (TPSA) is 0 Å². The second-order valence-corrected chi connectivity index (χ2v) is 3.74. The number of halogens is 3. The lowest BCUT2D eigenvalue weighted by molar-refractivity contribution is 0.616. The molecule has 1 aromatic carbocycles. The van der Waals surface area contributed by atoms with Crippen molar-refractivity contribution < 1.29 is 4.39 Å². The van der Waals surface area contributed by atoms with E-state index in [1.54, 1.807) is 0 Å². The first-order valence-electron chi connectivity index (χ1n) is 3.15. The van der Waals surface area contributed by atoms with Crippen molar-refractivity contribution in [1.29, 1.82) is 0 Å². The summed E-state index contributed by atoms with van der Waals surface area (Å²) in [6.45, 7) is 1.94. The van der Waals surface area contributed by atoms with Gasteiger partial charge >= 0.3 is 0 Å². The van der Waals surface area contributed by atoms with Crippen molar-refractivity contribution in [1.82, 2.24) is 0 Å². The quantitative estimate of drug-likeness (QED) is 0.687. The van der Waals surface area contributed by atoms with Crippen molar-refractivity contribution in [3.63, 3.8) is 0 Å². The maximum atomic E-state index is 13.0. The summed E-state index contributed by atoms with van der Waals surface area (Å²) in [5.74, 6) is -0.167. The third-order valence-electron chi connectivity index (χ3n) is 1.47. The summed E-state index contributed by atoms with van der Waals surface area (Å²) >= 11 is 6.47. The Labute approximate surface area is 82.1 Å². The van der Waals surface area contributed by atoms with Gasteiger partial charge in [0.1, 0.15) is 5.82 Å². The second kappa shape index (κ2) is 3.68. The predicted octanol–water partition coefficient (Wildman–Crippen LogP) is 3.79. The summed E-state index contributed by atoms with van der Waals surface area (Å²) in [6, 6.07) is 3.32. The summed E-state index contributed by atoms with van der Waals surface area (Å²) in [4.78, 5) is 0. The minimum Gasteiger partial charge on any atom is -0.207 e. The van der Waals surface area contributed by atoms with Crippen LogP contribution < -0.4 is 0 Å². The fourth-order valence-electron chi connectivity index (χ4n) is 0.819. The molecule has 0 aliphatic rings. The summed E-state index contributed by atoms with van der Waals surface area (Å²) in [5, 5.41) is 0.562. The predicted molar refractivity (Wildman–Crippen MR) is 51.5 cm³/mol. The van der Waals surface area contributed by atoms with Crippen LogP contribution in [-0.4, -0.2) is 0 Å². The molecule has 1 aromatic rings. The van der Waals surface area contributed by atoms with Gasteiger partial charge in [0.2, 0.25) is 0 Å². The van der Waals surface area contributed by atoms with E-state index in [9.17, 15) is 4.39 Å². The summed E-state index contributed by atoms with van der Waals surface area (Å²) in [7, 11) is 0. The highest BCUT2D eigenvalue weighted by atomic mass is 79.9. The fraction of sp³-hybridized carbons (Fsp3) is 0.250. The minimum atomic E-state index is -0.167. The van der Waals surface area contributed by atoms with Crippen LogP contribution in [0.25, 0.3) is 0 Å². The van der Waals surface area contributed by atoms with Crippen molar-refractivity contribution in [3.8, 4) is 0 Å². The highest BCUT2D eigenvalue weighted by Gasteiger charge is 2.03. The van der Waals surface area contributed by atoms with Gasteiger partial charge in [-0.15, -0.1) is 0 Å². The highest BCUT2D eigenvalue weighted by Crippen LogP contribution is 2.21. The van der Waals surface area contributed by atoms with Crippen LogP contribution in [-0.2, 0) is 5.33 Å². The van der Waals surface area contributed by atoms with E-state index in [2.05, 4.69) is 31.9 Å². The van der Waals surface area contributed by atoms with Gasteiger partial charge in [0.15, 0.2) is 0 Å². The molecule has 0 radical (unpaired) electrons. The standard InChI is InChI=1S/C8H7Br2F/c1-5-2-6(4-9)8(11)3-7(5)10/h2-3H,4H2,1H3. The van der Waals surface area contributed by atoms with Crippen molar-refractivity contribution in [2.75, 3.05) is 0 Å². The van der Waals surface area contributed by atoms with Crippen molar-refractivity contribution in [2.45, 2.75) is 12.3 Å². The van der Waals surface area contributed by atoms with Crippen molar-refractivity contribution >= 4 is 31.9 Å². The number of aryl methyl sites for hydroxylation is 1. The molecule has 0 heterocycles. The van der Waals surface area contributed by atoms with Gasteiger partial charge in [-0.3, -0.25) is 0 Å². The van der Waals surface area contributed by atoms with E-state index in [0.29, 0.717) is 10.9 Å². The Morgan fingerprint density at radius 1 is 1.45 bits per heavy atom. The molecule has 11 heavy (non-hydrogen) atoms. The maximum absolute atomic E-state index is 13.0. The Balaban J connectivity index is 3.21. The van der Waals surface area contributed by atoms with Crippen LogP contribution >= 0.6 is 31.9 Å². The third-order valence-corrected chi connectivity index (χ3v) is 2.93. The maximum Gasteiger partial charge on any atom is 0.128 e. The van der Waals surface area contributed by atoms with Crippen LogP contribution in [0.4, 0.5) is 4.39 Å². The number of hydrogen-bond acceptors (Lipinski definition) is 0. The molecule has 0 saturated carbocycles. The Hall–Kier alpha value is 0.110. The summed E-state index contributed by atoms with van der Waals surface area (Å²) in [5.41, 5.74) is 1.76. The number of rotatable bonds is 1. The Morgan fingerprint density at radius 2 is 2.09 bits per heavy atom. The summed E-state index contributed by atoms with van der Waals surface area (Å²) < 4.78 is 13.8. The number of hydrogen-bond donors (Lipinski definition) is 0. The molecule has 3 heteroatoms.